The molecule has 1 fully saturated rings. The van der Waals surface area contributed by atoms with Gasteiger partial charge in [-0.1, -0.05) is 80.5 Å². The Morgan fingerprint density at radius 1 is 0.756 bits per heavy atom. The van der Waals surface area contributed by atoms with Gasteiger partial charge >= 0.3 is 0 Å². The molecule has 41 heavy (non-hydrogen) atoms. The van der Waals surface area contributed by atoms with Gasteiger partial charge in [-0.25, -0.2) is 0 Å². The van der Waals surface area contributed by atoms with Crippen LogP contribution in [0.25, 0.3) is 0 Å². The molecule has 6 nitrogen and oxygen atoms in total. The highest BCUT2D eigenvalue weighted by atomic mass is 28.4. The predicted octanol–water partition coefficient (Wildman–Crippen LogP) is 8.16. The molecule has 236 valence electrons. The van der Waals surface area contributed by atoms with E-state index < -0.39 is 25.0 Å². The highest BCUT2D eigenvalue weighted by Gasteiger charge is 2.54. The van der Waals surface area contributed by atoms with Gasteiger partial charge < -0.3 is 23.3 Å². The van der Waals surface area contributed by atoms with Gasteiger partial charge in [-0.05, 0) is 66.0 Å². The quantitative estimate of drug-likeness (QED) is 0.266. The number of nitrogens with one attached hydrogen (secondary N) is 1. The van der Waals surface area contributed by atoms with E-state index in [0.717, 1.165) is 5.56 Å². The summed E-state index contributed by atoms with van der Waals surface area (Å²) >= 11 is 0. The fourth-order valence-corrected chi connectivity index (χ4v) is 7.85. The van der Waals surface area contributed by atoms with Crippen molar-refractivity contribution >= 4 is 30.9 Å². The number of amides is 1. The molecule has 1 heterocycles. The topological polar surface area (TPSA) is 66.0 Å². The second kappa shape index (κ2) is 12.7. The largest absolute Gasteiger partial charge is 0.414 e. The van der Waals surface area contributed by atoms with Gasteiger partial charge in [0.1, 0.15) is 12.2 Å². The molecule has 1 N–H and O–H groups in total. The lowest BCUT2D eigenvalue weighted by Crippen LogP contribution is -2.55. The summed E-state index contributed by atoms with van der Waals surface area (Å²) in [6.07, 6.45) is -0.484. The lowest BCUT2D eigenvalue weighted by molar-refractivity contribution is -0.0160. The number of carbonyl (C=O) groups excluding carboxylic acids is 1. The summed E-state index contributed by atoms with van der Waals surface area (Å²) in [7, 11) is -4.76. The van der Waals surface area contributed by atoms with E-state index in [1.165, 1.54) is 0 Å². The van der Waals surface area contributed by atoms with E-state index in [1.54, 1.807) is 7.05 Å². The normalized spacial score (nSPS) is 23.1. The van der Waals surface area contributed by atoms with E-state index >= 15 is 0 Å². The molecule has 4 atom stereocenters. The lowest BCUT2D eigenvalue weighted by Gasteiger charge is -2.44. The van der Waals surface area contributed by atoms with E-state index in [9.17, 15) is 4.79 Å². The highest BCUT2D eigenvalue weighted by Crippen LogP contribution is 2.45. The van der Waals surface area contributed by atoms with Crippen LogP contribution < -0.4 is 5.32 Å². The second-order valence-electron chi connectivity index (χ2n) is 16.4. The first-order valence-corrected chi connectivity index (χ1v) is 24.0. The van der Waals surface area contributed by atoms with Crippen LogP contribution in [0.5, 0.6) is 0 Å². The van der Waals surface area contributed by atoms with Crippen molar-refractivity contribution in [1.82, 2.24) is 5.32 Å². The molecule has 0 saturated carbocycles. The predicted molar refractivity (Wildman–Crippen MR) is 179 cm³/mol. The maximum atomic E-state index is 12.8. The Balaban J connectivity index is 2.62. The summed E-state index contributed by atoms with van der Waals surface area (Å²) in [6, 6.07) is 7.81. The first-order chi connectivity index (χ1) is 18.3. The van der Waals surface area contributed by atoms with Gasteiger partial charge in [0, 0.05) is 19.0 Å². The van der Waals surface area contributed by atoms with Crippen molar-refractivity contribution in [2.75, 3.05) is 13.7 Å². The maximum Gasteiger partial charge on any atom is 0.251 e. The lowest BCUT2D eigenvalue weighted by atomic mass is 9.97. The third-order valence-corrected chi connectivity index (χ3v) is 23.7. The molecule has 2 rings (SSSR count). The van der Waals surface area contributed by atoms with Crippen LogP contribution in [0.4, 0.5) is 0 Å². The van der Waals surface area contributed by atoms with Crippen LogP contribution in [0.15, 0.2) is 24.3 Å². The third kappa shape index (κ3) is 8.64. The van der Waals surface area contributed by atoms with Crippen molar-refractivity contribution in [2.24, 2.45) is 0 Å². The Morgan fingerprint density at radius 2 is 1.20 bits per heavy atom. The summed E-state index contributed by atoms with van der Waals surface area (Å²) < 4.78 is 28.2. The number of hydrogen-bond acceptors (Lipinski definition) is 5. The van der Waals surface area contributed by atoms with E-state index in [4.69, 9.17) is 18.0 Å². The standard InChI is InChI=1S/C32H61NO5Si3/c1-30(2,3)39(11,12)35-22-26-28(38-41(15,16)32(7,8)9)27(37-40(13,14)31(4,5)6)25(36-26)21-23-19-17-18-20-24(23)29(34)33-10/h17-20,25-28H,21-22H2,1-16H3,(H,33,34)/t25-,26+,27-,28+/m0/s1. The fraction of sp³-hybridized carbons (Fsp3) is 0.781. The fourth-order valence-electron chi connectivity index (χ4n) is 4.20. The first-order valence-electron chi connectivity index (χ1n) is 15.3. The zero-order valence-corrected chi connectivity index (χ0v) is 32.1. The van der Waals surface area contributed by atoms with Gasteiger partial charge in [0.2, 0.25) is 0 Å². The molecule has 1 saturated heterocycles. The van der Waals surface area contributed by atoms with E-state index in [1.807, 2.05) is 24.3 Å². The zero-order valence-electron chi connectivity index (χ0n) is 29.1. The molecule has 0 unspecified atom stereocenters. The van der Waals surface area contributed by atoms with Crippen molar-refractivity contribution < 1.29 is 22.8 Å². The average molecular weight is 624 g/mol. The first kappa shape index (κ1) is 36.4. The molecular formula is C32H61NO5Si3. The van der Waals surface area contributed by atoms with Gasteiger partial charge in [0.15, 0.2) is 25.0 Å². The third-order valence-electron chi connectivity index (χ3n) is 10.2. The van der Waals surface area contributed by atoms with Crippen LogP contribution in [0.2, 0.25) is 54.4 Å². The van der Waals surface area contributed by atoms with Crippen LogP contribution in [0.3, 0.4) is 0 Å². The number of rotatable bonds is 10. The van der Waals surface area contributed by atoms with E-state index in [0.29, 0.717) is 18.6 Å². The van der Waals surface area contributed by atoms with Crippen molar-refractivity contribution in [3.63, 3.8) is 0 Å². The Labute approximate surface area is 255 Å². The smallest absolute Gasteiger partial charge is 0.251 e. The minimum atomic E-state index is -2.21. The van der Waals surface area contributed by atoms with E-state index in [2.05, 4.69) is 107 Å². The average Bonchev–Trinajstić information content (AvgIpc) is 3.10. The highest BCUT2D eigenvalue weighted by molar-refractivity contribution is 6.75. The minimum Gasteiger partial charge on any atom is -0.414 e. The Morgan fingerprint density at radius 3 is 1.63 bits per heavy atom. The van der Waals surface area contributed by atoms with Gasteiger partial charge in [0.25, 0.3) is 5.91 Å². The molecule has 0 bridgehead atoms. The van der Waals surface area contributed by atoms with E-state index in [-0.39, 0.29) is 45.4 Å². The van der Waals surface area contributed by atoms with Crippen molar-refractivity contribution in [2.45, 2.75) is 148 Å². The van der Waals surface area contributed by atoms with Crippen LogP contribution in [-0.2, 0) is 24.4 Å². The zero-order chi connectivity index (χ0) is 31.8. The van der Waals surface area contributed by atoms with Crippen LogP contribution in [0.1, 0.15) is 78.2 Å². The Bertz CT molecular complexity index is 1040. The summed E-state index contributed by atoms with van der Waals surface area (Å²) in [6.45, 7) is 34.7. The molecule has 1 aliphatic rings. The number of ether oxygens (including phenoxy) is 1. The number of hydrogen-bond donors (Lipinski definition) is 1. The van der Waals surface area contributed by atoms with Crippen molar-refractivity contribution in [1.29, 1.82) is 0 Å². The molecule has 1 aromatic carbocycles. The molecule has 1 amide bonds. The van der Waals surface area contributed by atoms with Gasteiger partial charge in [-0.2, -0.15) is 0 Å². The summed E-state index contributed by atoms with van der Waals surface area (Å²) in [5, 5.41) is 2.93. The maximum absolute atomic E-state index is 12.8. The summed E-state index contributed by atoms with van der Waals surface area (Å²) in [4.78, 5) is 12.8. The molecular weight excluding hydrogens is 563 g/mol. The van der Waals surface area contributed by atoms with Crippen LogP contribution in [0, 0.1) is 0 Å². The monoisotopic (exact) mass is 623 g/mol. The van der Waals surface area contributed by atoms with Crippen molar-refractivity contribution in [3.8, 4) is 0 Å². The SMILES string of the molecule is CNC(=O)c1ccccc1C[C@@H]1O[C@H](CO[Si](C)(C)C(C)(C)C)[C@@H](O[Si](C)(C)C(C)(C)C)[C@H]1O[Si](C)(C)C(C)(C)C. The molecule has 9 heteroatoms. The molecule has 0 radical (unpaired) electrons. The summed E-state index contributed by atoms with van der Waals surface area (Å²) in [5.74, 6) is -0.0904. The molecule has 1 aromatic rings. The molecule has 0 aromatic heterocycles. The van der Waals surface area contributed by atoms with Gasteiger partial charge in [0.05, 0.1) is 18.8 Å². The van der Waals surface area contributed by atoms with Gasteiger partial charge in [-0.15, -0.1) is 0 Å². The molecule has 1 aliphatic heterocycles. The summed E-state index contributed by atoms with van der Waals surface area (Å²) in [5.41, 5.74) is 1.63. The van der Waals surface area contributed by atoms with Crippen LogP contribution >= 0.6 is 0 Å². The van der Waals surface area contributed by atoms with Gasteiger partial charge in [-0.3, -0.25) is 4.79 Å². The van der Waals surface area contributed by atoms with Crippen molar-refractivity contribution in [3.05, 3.63) is 35.4 Å². The number of benzene rings is 1. The Hall–Kier alpha value is -0.819. The van der Waals surface area contributed by atoms with Crippen LogP contribution in [-0.4, -0.2) is 68.9 Å². The molecule has 0 aliphatic carbocycles. The number of carbonyl (C=O) groups is 1. The Kier molecular flexibility index (Phi) is 11.2. The molecule has 0 spiro atoms. The minimum absolute atomic E-state index is 0.0226. The second-order valence-corrected chi connectivity index (χ2v) is 30.7.